The van der Waals surface area contributed by atoms with Crippen molar-refractivity contribution >= 4 is 43.0 Å². The largest absolute Gasteiger partial charge is 0.591 e. The standard InChI is InChI=1S/C17H26BrF3N2OS2/c1-5-9-10-25(24)23-16(17(20)21)15-14(19)12(11-13(18)22-15)26(6-2,7-3)8-4/h11,17H,5-10H2,1-4H3/b23-16+/t25-/m0/s1. The fourth-order valence-electron chi connectivity index (χ4n) is 2.65. The highest BCUT2D eigenvalue weighted by atomic mass is 79.9. The third-order valence-corrected chi connectivity index (χ3v) is 10.3. The number of alkyl halides is 2. The molecule has 1 heterocycles. The van der Waals surface area contributed by atoms with E-state index in [-0.39, 0.29) is 10.4 Å². The number of aromatic nitrogens is 1. The molecule has 0 unspecified atom stereocenters. The van der Waals surface area contributed by atoms with Gasteiger partial charge in [-0.15, -0.1) is 0 Å². The molecular formula is C17H26BrF3N2OS2. The van der Waals surface area contributed by atoms with E-state index in [1.54, 1.807) is 6.07 Å². The smallest absolute Gasteiger partial charge is 0.287 e. The zero-order chi connectivity index (χ0) is 19.9. The van der Waals surface area contributed by atoms with Crippen LogP contribution in [0.4, 0.5) is 13.2 Å². The van der Waals surface area contributed by atoms with Gasteiger partial charge in [-0.2, -0.15) is 0 Å². The van der Waals surface area contributed by atoms with Crippen LogP contribution in [-0.4, -0.2) is 44.7 Å². The van der Waals surface area contributed by atoms with E-state index in [0.717, 1.165) is 23.7 Å². The number of rotatable bonds is 10. The molecule has 0 N–H and O–H groups in total. The van der Waals surface area contributed by atoms with E-state index in [0.29, 0.717) is 11.3 Å². The highest BCUT2D eigenvalue weighted by Crippen LogP contribution is 2.56. The van der Waals surface area contributed by atoms with E-state index in [2.05, 4.69) is 25.3 Å². The van der Waals surface area contributed by atoms with Crippen molar-refractivity contribution < 1.29 is 17.7 Å². The summed E-state index contributed by atoms with van der Waals surface area (Å²) in [5.41, 5.74) is -1.34. The zero-order valence-corrected chi connectivity index (χ0v) is 18.7. The molecule has 26 heavy (non-hydrogen) atoms. The van der Waals surface area contributed by atoms with Gasteiger partial charge in [0.05, 0.1) is 11.4 Å². The minimum absolute atomic E-state index is 0.170. The molecule has 1 rings (SSSR count). The topological polar surface area (TPSA) is 48.3 Å². The second-order valence-electron chi connectivity index (χ2n) is 5.67. The van der Waals surface area contributed by atoms with E-state index in [4.69, 9.17) is 0 Å². The summed E-state index contributed by atoms with van der Waals surface area (Å²) in [6.07, 6.45) is -1.69. The Morgan fingerprint density at radius 1 is 1.27 bits per heavy atom. The number of pyridine rings is 1. The van der Waals surface area contributed by atoms with Gasteiger partial charge in [0.1, 0.15) is 16.0 Å². The van der Waals surface area contributed by atoms with Crippen molar-refractivity contribution in [3.05, 3.63) is 22.2 Å². The molecule has 0 saturated heterocycles. The van der Waals surface area contributed by atoms with Crippen molar-refractivity contribution in [1.82, 2.24) is 4.98 Å². The van der Waals surface area contributed by atoms with Gasteiger partial charge < -0.3 is 4.55 Å². The van der Waals surface area contributed by atoms with Crippen molar-refractivity contribution in [3.63, 3.8) is 0 Å². The lowest BCUT2D eigenvalue weighted by Crippen LogP contribution is -2.21. The predicted molar refractivity (Wildman–Crippen MR) is 110 cm³/mol. The van der Waals surface area contributed by atoms with Gasteiger partial charge in [-0.1, -0.05) is 38.5 Å². The van der Waals surface area contributed by atoms with E-state index in [1.807, 2.05) is 27.7 Å². The van der Waals surface area contributed by atoms with Gasteiger partial charge in [0.25, 0.3) is 6.43 Å². The van der Waals surface area contributed by atoms with Crippen LogP contribution in [-0.2, 0) is 11.4 Å². The van der Waals surface area contributed by atoms with Crippen LogP contribution in [0.5, 0.6) is 0 Å². The summed E-state index contributed by atoms with van der Waals surface area (Å²) in [5.74, 6) is 1.65. The van der Waals surface area contributed by atoms with Crippen LogP contribution in [0.1, 0.15) is 46.2 Å². The van der Waals surface area contributed by atoms with Gasteiger partial charge in [-0.25, -0.2) is 28.2 Å². The Morgan fingerprint density at radius 3 is 2.31 bits per heavy atom. The SMILES string of the molecule is CCCC[S@+]([O-])/N=C(\c1nc(Br)cc(S(CC)(CC)CC)c1F)C(F)F. The fourth-order valence-corrected chi connectivity index (χ4v) is 7.22. The Bertz CT molecular complexity index is 620. The van der Waals surface area contributed by atoms with Crippen LogP contribution < -0.4 is 0 Å². The molecule has 0 spiro atoms. The molecule has 3 nitrogen and oxygen atoms in total. The Balaban J connectivity index is 3.53. The number of unbranched alkanes of at least 4 members (excludes halogenated alkanes) is 1. The lowest BCUT2D eigenvalue weighted by molar-refractivity contribution is 0.225. The molecule has 0 radical (unpaired) electrons. The van der Waals surface area contributed by atoms with Gasteiger partial charge in [0, 0.05) is 4.90 Å². The zero-order valence-electron chi connectivity index (χ0n) is 15.5. The van der Waals surface area contributed by atoms with Crippen molar-refractivity contribution in [3.8, 4) is 0 Å². The van der Waals surface area contributed by atoms with E-state index in [1.165, 1.54) is 0 Å². The van der Waals surface area contributed by atoms with Crippen LogP contribution >= 0.6 is 26.0 Å². The maximum absolute atomic E-state index is 15.2. The van der Waals surface area contributed by atoms with Gasteiger partial charge in [0.2, 0.25) is 0 Å². The molecule has 150 valence electrons. The highest BCUT2D eigenvalue weighted by Gasteiger charge is 2.32. The van der Waals surface area contributed by atoms with Gasteiger partial charge in [0.15, 0.2) is 11.5 Å². The normalized spacial score (nSPS) is 14.8. The van der Waals surface area contributed by atoms with E-state index < -0.39 is 45.0 Å². The summed E-state index contributed by atoms with van der Waals surface area (Å²) in [6.45, 7) is 7.85. The summed E-state index contributed by atoms with van der Waals surface area (Å²) in [4.78, 5) is 4.34. The van der Waals surface area contributed by atoms with Crippen molar-refractivity contribution in [2.45, 2.75) is 51.9 Å². The first kappa shape index (κ1) is 23.8. The Hall–Kier alpha value is -0.250. The second kappa shape index (κ2) is 10.9. The van der Waals surface area contributed by atoms with Crippen molar-refractivity contribution in [2.75, 3.05) is 23.0 Å². The first-order valence-corrected chi connectivity index (χ1v) is 12.8. The molecule has 0 aliphatic heterocycles. The molecule has 0 amide bonds. The molecule has 1 aromatic heterocycles. The minimum Gasteiger partial charge on any atom is -0.591 e. The Morgan fingerprint density at radius 2 is 1.85 bits per heavy atom. The molecular weight excluding hydrogens is 449 g/mol. The van der Waals surface area contributed by atoms with Crippen LogP contribution in [0, 0.1) is 5.82 Å². The lowest BCUT2D eigenvalue weighted by atomic mass is 10.2. The molecule has 0 fully saturated rings. The minimum atomic E-state index is -3.06. The molecule has 0 aromatic carbocycles. The Labute approximate surface area is 167 Å². The van der Waals surface area contributed by atoms with Gasteiger partial charge in [-0.05, 0) is 45.7 Å². The average molecular weight is 475 g/mol. The average Bonchev–Trinajstić information content (AvgIpc) is 2.62. The maximum atomic E-state index is 15.2. The number of nitrogens with zero attached hydrogens (tertiary/aromatic N) is 2. The molecule has 0 saturated carbocycles. The highest BCUT2D eigenvalue weighted by molar-refractivity contribution is 9.10. The molecule has 0 aliphatic rings. The van der Waals surface area contributed by atoms with Crippen LogP contribution in [0.3, 0.4) is 0 Å². The maximum Gasteiger partial charge on any atom is 0.287 e. The summed E-state index contributed by atoms with van der Waals surface area (Å²) < 4.78 is 58.3. The molecule has 1 aromatic rings. The summed E-state index contributed by atoms with van der Waals surface area (Å²) in [6, 6.07) is 1.59. The first-order valence-electron chi connectivity index (χ1n) is 8.64. The molecule has 0 bridgehead atoms. The quantitative estimate of drug-likeness (QED) is 0.247. The fraction of sp³-hybridized carbons (Fsp3) is 0.647. The van der Waals surface area contributed by atoms with Gasteiger partial charge >= 0.3 is 0 Å². The van der Waals surface area contributed by atoms with Crippen LogP contribution in [0.25, 0.3) is 0 Å². The second-order valence-corrected chi connectivity index (χ2v) is 12.0. The number of hydrogen-bond acceptors (Lipinski definition) is 3. The Kier molecular flexibility index (Phi) is 9.99. The van der Waals surface area contributed by atoms with Crippen LogP contribution in [0.15, 0.2) is 20.0 Å². The number of halogens is 4. The molecule has 9 heteroatoms. The first-order chi connectivity index (χ1) is 12.3. The third kappa shape index (κ3) is 5.62. The summed E-state index contributed by atoms with van der Waals surface area (Å²) in [7, 11) is -1.49. The van der Waals surface area contributed by atoms with Gasteiger partial charge in [-0.3, -0.25) is 0 Å². The molecule has 1 atom stereocenters. The molecule has 0 aliphatic carbocycles. The van der Waals surface area contributed by atoms with E-state index in [9.17, 15) is 13.3 Å². The predicted octanol–water partition coefficient (Wildman–Crippen LogP) is 5.72. The van der Waals surface area contributed by atoms with Crippen molar-refractivity contribution in [1.29, 1.82) is 0 Å². The number of hydrogen-bond donors (Lipinski definition) is 0. The summed E-state index contributed by atoms with van der Waals surface area (Å²) >= 11 is 1.39. The summed E-state index contributed by atoms with van der Waals surface area (Å²) in [5, 5.41) is 0. The lowest BCUT2D eigenvalue weighted by Gasteiger charge is -2.38. The van der Waals surface area contributed by atoms with E-state index >= 15 is 4.39 Å². The van der Waals surface area contributed by atoms with Crippen molar-refractivity contribution in [2.24, 2.45) is 4.40 Å². The third-order valence-electron chi connectivity index (χ3n) is 4.34. The van der Waals surface area contributed by atoms with Crippen LogP contribution in [0.2, 0.25) is 0 Å². The monoisotopic (exact) mass is 474 g/mol.